The molecule has 0 heterocycles. The minimum atomic E-state index is -0.856. The Balaban J connectivity index is 2.24. The molecule has 0 saturated carbocycles. The van der Waals surface area contributed by atoms with Crippen molar-refractivity contribution < 1.29 is 18.3 Å². The van der Waals surface area contributed by atoms with E-state index in [1.165, 1.54) is 6.07 Å². The Morgan fingerprint density at radius 2 is 1.83 bits per heavy atom. The second-order valence-corrected chi connectivity index (χ2v) is 5.23. The zero-order valence-corrected chi connectivity index (χ0v) is 13.3. The van der Waals surface area contributed by atoms with Crippen LogP contribution < -0.4 is 15.2 Å². The lowest BCUT2D eigenvalue weighted by molar-refractivity contribution is 0.310. The van der Waals surface area contributed by atoms with Gasteiger partial charge in [0.25, 0.3) is 0 Å². The van der Waals surface area contributed by atoms with Gasteiger partial charge in [-0.05, 0) is 55.3 Å². The second-order valence-electron chi connectivity index (χ2n) is 5.23. The summed E-state index contributed by atoms with van der Waals surface area (Å²) in [6, 6.07) is 9.56. The van der Waals surface area contributed by atoms with Crippen LogP contribution in [0.25, 0.3) is 0 Å². The van der Waals surface area contributed by atoms with Crippen molar-refractivity contribution in [3.8, 4) is 11.5 Å². The van der Waals surface area contributed by atoms with E-state index in [-0.39, 0.29) is 5.92 Å². The molecule has 0 spiro atoms. The molecule has 5 heteroatoms. The van der Waals surface area contributed by atoms with Crippen LogP contribution in [0.3, 0.4) is 0 Å². The zero-order chi connectivity index (χ0) is 16.8. The Morgan fingerprint density at radius 3 is 2.43 bits per heavy atom. The predicted octanol–water partition coefficient (Wildman–Crippen LogP) is 3.66. The molecule has 23 heavy (non-hydrogen) atoms. The highest BCUT2D eigenvalue weighted by Crippen LogP contribution is 2.30. The smallest absolute Gasteiger partial charge is 0.161 e. The molecule has 0 bridgehead atoms. The molecular formula is C18H21F2NO2. The molecule has 0 fully saturated rings. The summed E-state index contributed by atoms with van der Waals surface area (Å²) in [5.41, 5.74) is 7.50. The van der Waals surface area contributed by atoms with E-state index in [1.807, 2.05) is 25.1 Å². The zero-order valence-electron chi connectivity index (χ0n) is 13.3. The number of methoxy groups -OCH3 is 1. The summed E-state index contributed by atoms with van der Waals surface area (Å²) in [6.45, 7) is 2.76. The van der Waals surface area contributed by atoms with Crippen molar-refractivity contribution in [3.05, 3.63) is 59.2 Å². The number of ether oxygens (including phenoxy) is 2. The summed E-state index contributed by atoms with van der Waals surface area (Å²) in [5.74, 6) is -0.493. The van der Waals surface area contributed by atoms with Crippen LogP contribution in [0.4, 0.5) is 8.78 Å². The molecule has 2 rings (SSSR count). The molecule has 0 aliphatic carbocycles. The molecule has 0 aromatic heterocycles. The molecule has 124 valence electrons. The van der Waals surface area contributed by atoms with Gasteiger partial charge in [0.05, 0.1) is 13.7 Å². The second kappa shape index (κ2) is 7.92. The molecule has 0 radical (unpaired) electrons. The van der Waals surface area contributed by atoms with Crippen LogP contribution in [0.2, 0.25) is 0 Å². The number of nitrogens with two attached hydrogens (primary N) is 1. The largest absolute Gasteiger partial charge is 0.493 e. The lowest BCUT2D eigenvalue weighted by atomic mass is 9.92. The van der Waals surface area contributed by atoms with Crippen LogP contribution in [0.1, 0.15) is 24.0 Å². The van der Waals surface area contributed by atoms with Crippen molar-refractivity contribution in [2.45, 2.75) is 19.3 Å². The normalized spacial score (nSPS) is 12.0. The van der Waals surface area contributed by atoms with Crippen LogP contribution in [0.5, 0.6) is 11.5 Å². The number of hydrogen-bond acceptors (Lipinski definition) is 3. The summed E-state index contributed by atoms with van der Waals surface area (Å²) in [4.78, 5) is 0. The Hall–Kier alpha value is -2.14. The molecule has 1 atom stereocenters. The number of hydrogen-bond donors (Lipinski definition) is 1. The van der Waals surface area contributed by atoms with Crippen LogP contribution in [-0.4, -0.2) is 20.3 Å². The van der Waals surface area contributed by atoms with Crippen LogP contribution >= 0.6 is 0 Å². The van der Waals surface area contributed by atoms with Crippen molar-refractivity contribution in [1.29, 1.82) is 0 Å². The monoisotopic (exact) mass is 321 g/mol. The van der Waals surface area contributed by atoms with Crippen molar-refractivity contribution in [2.75, 3.05) is 20.3 Å². The Morgan fingerprint density at radius 1 is 1.04 bits per heavy atom. The SMILES string of the molecule is CCOc1cc(CC(CN)c2ccc(F)c(F)c2)ccc1OC. The van der Waals surface area contributed by atoms with Crippen LogP contribution in [-0.2, 0) is 6.42 Å². The fraction of sp³-hybridized carbons (Fsp3) is 0.333. The van der Waals surface area contributed by atoms with E-state index in [9.17, 15) is 8.78 Å². The highest BCUT2D eigenvalue weighted by atomic mass is 19.2. The van der Waals surface area contributed by atoms with E-state index in [2.05, 4.69) is 0 Å². The molecule has 0 amide bonds. The molecule has 1 unspecified atom stereocenters. The molecule has 0 saturated heterocycles. The standard InChI is InChI=1S/C18H21F2NO2/c1-3-23-18-9-12(4-7-17(18)22-2)8-14(11-21)13-5-6-15(19)16(20)10-13/h4-7,9-10,14H,3,8,11,21H2,1-2H3. The third-order valence-corrected chi connectivity index (χ3v) is 3.71. The van der Waals surface area contributed by atoms with Crippen molar-refractivity contribution in [1.82, 2.24) is 0 Å². The quantitative estimate of drug-likeness (QED) is 0.846. The van der Waals surface area contributed by atoms with Gasteiger partial charge >= 0.3 is 0 Å². The minimum Gasteiger partial charge on any atom is -0.493 e. The van der Waals surface area contributed by atoms with Crippen LogP contribution in [0, 0.1) is 11.6 Å². The van der Waals surface area contributed by atoms with E-state index in [0.717, 1.165) is 11.6 Å². The van der Waals surface area contributed by atoms with Gasteiger partial charge in [0.15, 0.2) is 23.1 Å². The van der Waals surface area contributed by atoms with Crippen molar-refractivity contribution >= 4 is 0 Å². The summed E-state index contributed by atoms with van der Waals surface area (Å²) in [6.07, 6.45) is 0.603. The topological polar surface area (TPSA) is 44.5 Å². The summed E-state index contributed by atoms with van der Waals surface area (Å²) < 4.78 is 37.3. The van der Waals surface area contributed by atoms with Gasteiger partial charge in [-0.3, -0.25) is 0 Å². The first-order valence-corrected chi connectivity index (χ1v) is 7.53. The van der Waals surface area contributed by atoms with Gasteiger partial charge in [-0.25, -0.2) is 8.78 Å². The first-order valence-electron chi connectivity index (χ1n) is 7.53. The van der Waals surface area contributed by atoms with Gasteiger partial charge in [-0.2, -0.15) is 0 Å². The number of halogens is 2. The maximum absolute atomic E-state index is 13.4. The van der Waals surface area contributed by atoms with E-state index < -0.39 is 11.6 Å². The molecule has 0 aliphatic rings. The highest BCUT2D eigenvalue weighted by Gasteiger charge is 2.15. The molecule has 3 nitrogen and oxygen atoms in total. The number of benzene rings is 2. The summed E-state index contributed by atoms with van der Waals surface area (Å²) >= 11 is 0. The number of rotatable bonds is 7. The van der Waals surface area contributed by atoms with Crippen molar-refractivity contribution in [2.24, 2.45) is 5.73 Å². The minimum absolute atomic E-state index is 0.104. The predicted molar refractivity (Wildman–Crippen MR) is 86.0 cm³/mol. The molecule has 2 aromatic rings. The maximum atomic E-state index is 13.4. The Bertz CT molecular complexity index is 661. The highest BCUT2D eigenvalue weighted by molar-refractivity contribution is 5.43. The average Bonchev–Trinajstić information content (AvgIpc) is 2.56. The maximum Gasteiger partial charge on any atom is 0.161 e. The van der Waals surface area contributed by atoms with E-state index in [1.54, 1.807) is 13.2 Å². The fourth-order valence-electron chi connectivity index (χ4n) is 2.50. The van der Waals surface area contributed by atoms with Crippen molar-refractivity contribution in [3.63, 3.8) is 0 Å². The lowest BCUT2D eigenvalue weighted by Crippen LogP contribution is -2.15. The summed E-state index contributed by atoms with van der Waals surface area (Å²) in [5, 5.41) is 0. The first-order chi connectivity index (χ1) is 11.1. The van der Waals surface area contributed by atoms with E-state index in [0.29, 0.717) is 36.6 Å². The fourth-order valence-corrected chi connectivity index (χ4v) is 2.50. The Kier molecular flexibility index (Phi) is 5.93. The van der Waals surface area contributed by atoms with Gasteiger partial charge in [0.2, 0.25) is 0 Å². The molecule has 0 aliphatic heterocycles. The van der Waals surface area contributed by atoms with Gasteiger partial charge in [0.1, 0.15) is 0 Å². The molecular weight excluding hydrogens is 300 g/mol. The summed E-state index contributed by atoms with van der Waals surface area (Å²) in [7, 11) is 1.58. The Labute approximate surface area is 135 Å². The average molecular weight is 321 g/mol. The molecule has 2 aromatic carbocycles. The van der Waals surface area contributed by atoms with Gasteiger partial charge < -0.3 is 15.2 Å². The van der Waals surface area contributed by atoms with Gasteiger partial charge in [-0.1, -0.05) is 12.1 Å². The molecule has 2 N–H and O–H groups in total. The first kappa shape index (κ1) is 17.2. The van der Waals surface area contributed by atoms with E-state index >= 15 is 0 Å². The van der Waals surface area contributed by atoms with Crippen LogP contribution in [0.15, 0.2) is 36.4 Å². The lowest BCUT2D eigenvalue weighted by Gasteiger charge is -2.17. The third kappa shape index (κ3) is 4.20. The van der Waals surface area contributed by atoms with Gasteiger partial charge in [-0.15, -0.1) is 0 Å². The van der Waals surface area contributed by atoms with E-state index in [4.69, 9.17) is 15.2 Å². The third-order valence-electron chi connectivity index (χ3n) is 3.71. The van der Waals surface area contributed by atoms with Gasteiger partial charge in [0, 0.05) is 5.92 Å².